The molecule has 3 N–H and O–H groups in total. The molecule has 0 saturated heterocycles. The summed E-state index contributed by atoms with van der Waals surface area (Å²) in [6.45, 7) is 1.85. The van der Waals surface area contributed by atoms with E-state index in [0.29, 0.717) is 11.3 Å². The number of halogens is 3. The van der Waals surface area contributed by atoms with Gasteiger partial charge in [0.05, 0.1) is 5.69 Å². The van der Waals surface area contributed by atoms with Crippen LogP contribution in [0.4, 0.5) is 24.5 Å². The summed E-state index contributed by atoms with van der Waals surface area (Å²) in [7, 11) is 0. The number of benzene rings is 2. The predicted octanol–water partition coefficient (Wildman–Crippen LogP) is 3.79. The number of nitrogens with two attached hydrogens (primary N) is 1. The monoisotopic (exact) mass is 296 g/mol. The Labute approximate surface area is 119 Å². The molecule has 2 aromatic carbocycles. The van der Waals surface area contributed by atoms with Gasteiger partial charge in [0.15, 0.2) is 17.5 Å². The maximum Gasteiger partial charge on any atom is 0.196 e. The first-order valence-corrected chi connectivity index (χ1v) is 6.12. The third-order valence-corrected chi connectivity index (χ3v) is 2.96. The van der Waals surface area contributed by atoms with Crippen LogP contribution in [0.15, 0.2) is 30.3 Å². The predicted molar refractivity (Wildman–Crippen MR) is 76.7 cm³/mol. The fourth-order valence-corrected chi connectivity index (χ4v) is 1.91. The quantitative estimate of drug-likeness (QED) is 0.668. The molecule has 104 valence electrons. The molecule has 2 nitrogen and oxygen atoms in total. The summed E-state index contributed by atoms with van der Waals surface area (Å²) >= 11 is 4.91. The lowest BCUT2D eigenvalue weighted by molar-refractivity contribution is 0.449. The molecule has 0 aliphatic heterocycles. The Bertz CT molecular complexity index is 686. The van der Waals surface area contributed by atoms with Gasteiger partial charge < -0.3 is 11.1 Å². The first kappa shape index (κ1) is 14.3. The number of hydrogen-bond acceptors (Lipinski definition) is 2. The number of hydrogen-bond donors (Lipinski definition) is 2. The van der Waals surface area contributed by atoms with Crippen LogP contribution in [0.25, 0.3) is 0 Å². The molecule has 0 aliphatic rings. The van der Waals surface area contributed by atoms with Gasteiger partial charge in [-0.15, -0.1) is 0 Å². The SMILES string of the molecule is Cc1ccc(Nc2ccc(F)c(F)c2F)c(C(N)=S)c1. The lowest BCUT2D eigenvalue weighted by atomic mass is 10.1. The Morgan fingerprint density at radius 3 is 2.35 bits per heavy atom. The molecule has 0 spiro atoms. The number of nitrogens with one attached hydrogen (secondary N) is 1. The van der Waals surface area contributed by atoms with Crippen molar-refractivity contribution in [2.75, 3.05) is 5.32 Å². The van der Waals surface area contributed by atoms with Crippen molar-refractivity contribution in [2.45, 2.75) is 6.92 Å². The normalized spacial score (nSPS) is 10.4. The van der Waals surface area contributed by atoms with Crippen molar-refractivity contribution in [3.8, 4) is 0 Å². The Kier molecular flexibility index (Phi) is 3.94. The molecule has 20 heavy (non-hydrogen) atoms. The van der Waals surface area contributed by atoms with Crippen molar-refractivity contribution >= 4 is 28.6 Å². The minimum atomic E-state index is -1.53. The van der Waals surface area contributed by atoms with Crippen molar-refractivity contribution in [3.63, 3.8) is 0 Å². The van der Waals surface area contributed by atoms with Crippen LogP contribution < -0.4 is 11.1 Å². The van der Waals surface area contributed by atoms with E-state index in [1.807, 2.05) is 6.92 Å². The first-order chi connectivity index (χ1) is 9.40. The summed E-state index contributed by atoms with van der Waals surface area (Å²) in [6, 6.07) is 7.08. The van der Waals surface area contributed by atoms with Crippen molar-refractivity contribution in [1.29, 1.82) is 0 Å². The van der Waals surface area contributed by atoms with E-state index in [-0.39, 0.29) is 10.7 Å². The van der Waals surface area contributed by atoms with Gasteiger partial charge in [-0.1, -0.05) is 23.8 Å². The van der Waals surface area contributed by atoms with Gasteiger partial charge >= 0.3 is 0 Å². The molecule has 0 heterocycles. The van der Waals surface area contributed by atoms with Gasteiger partial charge in [-0.25, -0.2) is 13.2 Å². The molecule has 0 unspecified atom stereocenters. The second-order valence-electron chi connectivity index (χ2n) is 4.26. The van der Waals surface area contributed by atoms with E-state index in [2.05, 4.69) is 5.32 Å². The molecule has 0 fully saturated rings. The zero-order valence-electron chi connectivity index (χ0n) is 10.5. The van der Waals surface area contributed by atoms with Crippen molar-refractivity contribution in [1.82, 2.24) is 0 Å². The molecule has 2 rings (SSSR count). The second kappa shape index (κ2) is 5.50. The lowest BCUT2D eigenvalue weighted by Crippen LogP contribution is -2.12. The van der Waals surface area contributed by atoms with Gasteiger partial charge in [0.1, 0.15) is 4.99 Å². The molecular weight excluding hydrogens is 285 g/mol. The Hall–Kier alpha value is -2.08. The largest absolute Gasteiger partial charge is 0.389 e. The van der Waals surface area contributed by atoms with Crippen LogP contribution >= 0.6 is 12.2 Å². The van der Waals surface area contributed by atoms with Crippen molar-refractivity contribution in [2.24, 2.45) is 5.73 Å². The molecule has 6 heteroatoms. The summed E-state index contributed by atoms with van der Waals surface area (Å²) < 4.78 is 39.7. The van der Waals surface area contributed by atoms with E-state index in [4.69, 9.17) is 18.0 Å². The van der Waals surface area contributed by atoms with Gasteiger partial charge in [0, 0.05) is 11.3 Å². The van der Waals surface area contributed by atoms with E-state index in [0.717, 1.165) is 17.7 Å². The Balaban J connectivity index is 2.45. The van der Waals surface area contributed by atoms with Crippen molar-refractivity contribution < 1.29 is 13.2 Å². The summed E-state index contributed by atoms with van der Waals surface area (Å²) in [4.78, 5) is 0.124. The topological polar surface area (TPSA) is 38.0 Å². The number of rotatable bonds is 3. The van der Waals surface area contributed by atoms with E-state index in [9.17, 15) is 13.2 Å². The first-order valence-electron chi connectivity index (χ1n) is 5.71. The fraction of sp³-hybridized carbons (Fsp3) is 0.0714. The van der Waals surface area contributed by atoms with Crippen molar-refractivity contribution in [3.05, 3.63) is 58.9 Å². The maximum atomic E-state index is 13.6. The van der Waals surface area contributed by atoms with Crippen LogP contribution in [0.3, 0.4) is 0 Å². The Morgan fingerprint density at radius 2 is 1.70 bits per heavy atom. The molecule has 2 aromatic rings. The van der Waals surface area contributed by atoms with E-state index < -0.39 is 17.5 Å². The molecule has 0 amide bonds. The molecule has 0 aromatic heterocycles. The average molecular weight is 296 g/mol. The van der Waals surface area contributed by atoms with Crippen LogP contribution in [0, 0.1) is 24.4 Å². The van der Waals surface area contributed by atoms with Gasteiger partial charge in [0.25, 0.3) is 0 Å². The number of aryl methyl sites for hydroxylation is 1. The van der Waals surface area contributed by atoms with E-state index in [1.165, 1.54) is 0 Å². The molecule has 0 bridgehead atoms. The standard InChI is InChI=1S/C14H11F3N2S/c1-7-2-4-10(8(6-7)14(18)20)19-11-5-3-9(15)12(16)13(11)17/h2-6,19H,1H3,(H2,18,20). The van der Waals surface area contributed by atoms with Crippen LogP contribution in [-0.4, -0.2) is 4.99 Å². The maximum absolute atomic E-state index is 13.6. The van der Waals surface area contributed by atoms with Crippen LogP contribution in [0.5, 0.6) is 0 Å². The smallest absolute Gasteiger partial charge is 0.196 e. The molecule has 0 saturated carbocycles. The highest BCUT2D eigenvalue weighted by molar-refractivity contribution is 7.80. The highest BCUT2D eigenvalue weighted by Crippen LogP contribution is 2.26. The number of anilines is 2. The van der Waals surface area contributed by atoms with E-state index in [1.54, 1.807) is 18.2 Å². The zero-order valence-corrected chi connectivity index (χ0v) is 11.3. The van der Waals surface area contributed by atoms with Gasteiger partial charge in [0.2, 0.25) is 0 Å². The van der Waals surface area contributed by atoms with Gasteiger partial charge in [-0.3, -0.25) is 0 Å². The average Bonchev–Trinajstić information content (AvgIpc) is 2.41. The highest BCUT2D eigenvalue weighted by atomic mass is 32.1. The van der Waals surface area contributed by atoms with E-state index >= 15 is 0 Å². The molecule has 0 atom stereocenters. The summed E-state index contributed by atoms with van der Waals surface area (Å²) in [5, 5.41) is 2.67. The molecule has 0 radical (unpaired) electrons. The minimum absolute atomic E-state index is 0.124. The summed E-state index contributed by atoms with van der Waals surface area (Å²) in [5.41, 5.74) is 7.25. The summed E-state index contributed by atoms with van der Waals surface area (Å²) in [6.07, 6.45) is 0. The van der Waals surface area contributed by atoms with Crippen LogP contribution in [0.2, 0.25) is 0 Å². The molecular formula is C14H11F3N2S. The van der Waals surface area contributed by atoms with Crippen LogP contribution in [-0.2, 0) is 0 Å². The van der Waals surface area contributed by atoms with Gasteiger partial charge in [-0.05, 0) is 31.2 Å². The fourth-order valence-electron chi connectivity index (χ4n) is 1.74. The van der Waals surface area contributed by atoms with Crippen LogP contribution in [0.1, 0.15) is 11.1 Å². The third kappa shape index (κ3) is 2.75. The summed E-state index contributed by atoms with van der Waals surface area (Å²) in [5.74, 6) is -4.06. The minimum Gasteiger partial charge on any atom is -0.389 e. The molecule has 0 aliphatic carbocycles. The Morgan fingerprint density at radius 1 is 1.05 bits per heavy atom. The second-order valence-corrected chi connectivity index (χ2v) is 4.70. The highest BCUT2D eigenvalue weighted by Gasteiger charge is 2.15. The number of thiocarbonyl (C=S) groups is 1. The lowest BCUT2D eigenvalue weighted by Gasteiger charge is -2.13. The van der Waals surface area contributed by atoms with Gasteiger partial charge in [-0.2, -0.15) is 0 Å². The third-order valence-electron chi connectivity index (χ3n) is 2.75. The zero-order chi connectivity index (χ0) is 14.9.